The summed E-state index contributed by atoms with van der Waals surface area (Å²) in [6.07, 6.45) is 3.63. The van der Waals surface area contributed by atoms with Gasteiger partial charge in [0.15, 0.2) is 0 Å². The van der Waals surface area contributed by atoms with E-state index in [0.717, 1.165) is 29.6 Å². The molecule has 19 heavy (non-hydrogen) atoms. The van der Waals surface area contributed by atoms with E-state index < -0.39 is 0 Å². The fourth-order valence-corrected chi connectivity index (χ4v) is 2.26. The number of nitrogens with zero attached hydrogens (tertiary/aromatic N) is 3. The van der Waals surface area contributed by atoms with E-state index >= 15 is 0 Å². The van der Waals surface area contributed by atoms with Crippen molar-refractivity contribution in [2.24, 2.45) is 0 Å². The highest BCUT2D eigenvalue weighted by Gasteiger charge is 2.08. The third kappa shape index (κ3) is 3.61. The number of hydrogen-bond acceptors (Lipinski definition) is 5. The summed E-state index contributed by atoms with van der Waals surface area (Å²) in [7, 11) is 0. The van der Waals surface area contributed by atoms with Gasteiger partial charge in [-0.2, -0.15) is 0 Å². The maximum absolute atomic E-state index is 5.81. The van der Waals surface area contributed by atoms with Crippen LogP contribution in [0.3, 0.4) is 0 Å². The van der Waals surface area contributed by atoms with Gasteiger partial charge in [0.2, 0.25) is 0 Å². The van der Waals surface area contributed by atoms with E-state index in [1.807, 2.05) is 30.5 Å². The van der Waals surface area contributed by atoms with Gasteiger partial charge >= 0.3 is 0 Å². The van der Waals surface area contributed by atoms with Crippen LogP contribution in [0.2, 0.25) is 0 Å². The number of nitrogen functional groups attached to an aromatic ring is 1. The minimum atomic E-state index is 0.793. The molecule has 1 heterocycles. The fraction of sp³-hybridized carbons (Fsp3) is 0.286. The van der Waals surface area contributed by atoms with Crippen molar-refractivity contribution in [3.8, 4) is 0 Å². The first kappa shape index (κ1) is 13.7. The first-order chi connectivity index (χ1) is 9.22. The third-order valence-corrected chi connectivity index (χ3v) is 3.51. The van der Waals surface area contributed by atoms with Gasteiger partial charge in [-0.1, -0.05) is 12.1 Å². The second kappa shape index (κ2) is 6.43. The topological polar surface area (TPSA) is 55.0 Å². The quantitative estimate of drug-likeness (QED) is 0.516. The predicted molar refractivity (Wildman–Crippen MR) is 81.4 cm³/mol. The van der Waals surface area contributed by atoms with Gasteiger partial charge in [0.1, 0.15) is 17.2 Å². The Labute approximate surface area is 118 Å². The van der Waals surface area contributed by atoms with Crippen LogP contribution in [0, 0.1) is 0 Å². The molecular formula is C14H18N4S. The molecule has 0 saturated carbocycles. The van der Waals surface area contributed by atoms with Crippen LogP contribution in [-0.2, 0) is 6.54 Å². The van der Waals surface area contributed by atoms with Crippen LogP contribution in [0.25, 0.3) is 0 Å². The molecule has 1 aromatic carbocycles. The van der Waals surface area contributed by atoms with E-state index in [1.165, 1.54) is 5.56 Å². The highest BCUT2D eigenvalue weighted by molar-refractivity contribution is 7.98. The lowest BCUT2D eigenvalue weighted by Gasteiger charge is -2.22. The molecule has 0 aliphatic rings. The lowest BCUT2D eigenvalue weighted by molar-refractivity contribution is 0.804. The van der Waals surface area contributed by atoms with Gasteiger partial charge in [0.05, 0.1) is 0 Å². The van der Waals surface area contributed by atoms with Gasteiger partial charge in [0.25, 0.3) is 0 Å². The Hall–Kier alpha value is -1.75. The summed E-state index contributed by atoms with van der Waals surface area (Å²) in [6.45, 7) is 3.80. The zero-order chi connectivity index (χ0) is 13.7. The SMILES string of the molecule is CCN(Cc1cccc(N)c1)c1cc(SC)ncn1. The Morgan fingerprint density at radius 2 is 2.11 bits per heavy atom. The maximum Gasteiger partial charge on any atom is 0.133 e. The first-order valence-electron chi connectivity index (χ1n) is 6.18. The van der Waals surface area contributed by atoms with E-state index in [0.29, 0.717) is 0 Å². The summed E-state index contributed by atoms with van der Waals surface area (Å²) >= 11 is 1.62. The Bertz CT molecular complexity index is 544. The first-order valence-corrected chi connectivity index (χ1v) is 7.40. The lowest BCUT2D eigenvalue weighted by atomic mass is 10.2. The molecule has 0 spiro atoms. The average molecular weight is 274 g/mol. The number of rotatable bonds is 5. The summed E-state index contributed by atoms with van der Waals surface area (Å²) in [5, 5.41) is 0.982. The molecule has 2 aromatic rings. The smallest absolute Gasteiger partial charge is 0.133 e. The minimum Gasteiger partial charge on any atom is -0.399 e. The van der Waals surface area contributed by atoms with Gasteiger partial charge in [-0.25, -0.2) is 9.97 Å². The zero-order valence-electron chi connectivity index (χ0n) is 11.2. The molecule has 2 N–H and O–H groups in total. The molecule has 0 atom stereocenters. The van der Waals surface area contributed by atoms with Crippen molar-refractivity contribution in [1.82, 2.24) is 9.97 Å². The molecule has 100 valence electrons. The number of hydrogen-bond donors (Lipinski definition) is 1. The monoisotopic (exact) mass is 274 g/mol. The fourth-order valence-electron chi connectivity index (χ4n) is 1.88. The average Bonchev–Trinajstić information content (AvgIpc) is 2.45. The Morgan fingerprint density at radius 1 is 1.26 bits per heavy atom. The second-order valence-electron chi connectivity index (χ2n) is 4.18. The van der Waals surface area contributed by atoms with Crippen molar-refractivity contribution in [2.75, 3.05) is 23.4 Å². The van der Waals surface area contributed by atoms with Crippen molar-refractivity contribution in [1.29, 1.82) is 0 Å². The van der Waals surface area contributed by atoms with Gasteiger partial charge in [-0.15, -0.1) is 11.8 Å². The molecule has 0 unspecified atom stereocenters. The van der Waals surface area contributed by atoms with Crippen LogP contribution in [-0.4, -0.2) is 22.8 Å². The number of nitrogens with two attached hydrogens (primary N) is 1. The largest absolute Gasteiger partial charge is 0.399 e. The van der Waals surface area contributed by atoms with Crippen LogP contribution in [0.4, 0.5) is 11.5 Å². The predicted octanol–water partition coefficient (Wildman–Crippen LogP) is 2.81. The molecule has 2 rings (SSSR count). The van der Waals surface area contributed by atoms with Crippen molar-refractivity contribution in [2.45, 2.75) is 18.5 Å². The van der Waals surface area contributed by atoms with Gasteiger partial charge in [-0.05, 0) is 30.9 Å². The lowest BCUT2D eigenvalue weighted by Crippen LogP contribution is -2.23. The van der Waals surface area contributed by atoms with E-state index in [9.17, 15) is 0 Å². The van der Waals surface area contributed by atoms with Crippen molar-refractivity contribution >= 4 is 23.3 Å². The molecule has 0 bridgehead atoms. The van der Waals surface area contributed by atoms with Crippen LogP contribution in [0.5, 0.6) is 0 Å². The number of thioether (sulfide) groups is 1. The number of aromatic nitrogens is 2. The number of benzene rings is 1. The van der Waals surface area contributed by atoms with E-state index in [4.69, 9.17) is 5.73 Å². The highest BCUT2D eigenvalue weighted by Crippen LogP contribution is 2.19. The summed E-state index contributed by atoms with van der Waals surface area (Å²) in [5.74, 6) is 0.948. The maximum atomic E-state index is 5.81. The van der Waals surface area contributed by atoms with Crippen LogP contribution >= 0.6 is 11.8 Å². The van der Waals surface area contributed by atoms with Crippen molar-refractivity contribution in [3.05, 3.63) is 42.2 Å². The molecule has 0 saturated heterocycles. The zero-order valence-corrected chi connectivity index (χ0v) is 12.0. The van der Waals surface area contributed by atoms with Crippen molar-refractivity contribution in [3.63, 3.8) is 0 Å². The number of anilines is 2. The van der Waals surface area contributed by atoms with Gasteiger partial charge in [-0.3, -0.25) is 0 Å². The van der Waals surface area contributed by atoms with E-state index in [2.05, 4.69) is 27.9 Å². The Morgan fingerprint density at radius 3 is 2.79 bits per heavy atom. The summed E-state index contributed by atoms with van der Waals surface area (Å²) in [4.78, 5) is 10.8. The standard InChI is InChI=1S/C14H18N4S/c1-3-18(9-11-5-4-6-12(15)7-11)13-8-14(19-2)17-10-16-13/h4-8,10H,3,9,15H2,1-2H3. The molecule has 4 nitrogen and oxygen atoms in total. The highest BCUT2D eigenvalue weighted by atomic mass is 32.2. The third-order valence-electron chi connectivity index (χ3n) is 2.87. The van der Waals surface area contributed by atoms with Gasteiger partial charge in [0, 0.05) is 24.8 Å². The molecule has 1 aromatic heterocycles. The molecule has 0 aliphatic carbocycles. The summed E-state index contributed by atoms with van der Waals surface area (Å²) < 4.78 is 0. The van der Waals surface area contributed by atoms with E-state index in [-0.39, 0.29) is 0 Å². The Balaban J connectivity index is 2.19. The molecule has 0 fully saturated rings. The Kier molecular flexibility index (Phi) is 4.63. The van der Waals surface area contributed by atoms with Gasteiger partial charge < -0.3 is 10.6 Å². The summed E-state index contributed by atoms with van der Waals surface area (Å²) in [6, 6.07) is 9.97. The van der Waals surface area contributed by atoms with E-state index in [1.54, 1.807) is 18.1 Å². The van der Waals surface area contributed by atoms with Crippen molar-refractivity contribution < 1.29 is 0 Å². The summed E-state index contributed by atoms with van der Waals surface area (Å²) in [5.41, 5.74) is 7.79. The van der Waals surface area contributed by atoms with Crippen LogP contribution < -0.4 is 10.6 Å². The normalized spacial score (nSPS) is 10.4. The molecular weight excluding hydrogens is 256 g/mol. The molecule has 0 amide bonds. The minimum absolute atomic E-state index is 0.793. The van der Waals surface area contributed by atoms with Crippen LogP contribution in [0.15, 0.2) is 41.7 Å². The molecule has 5 heteroatoms. The molecule has 0 aliphatic heterocycles. The molecule has 0 radical (unpaired) electrons. The van der Waals surface area contributed by atoms with Crippen LogP contribution in [0.1, 0.15) is 12.5 Å². The second-order valence-corrected chi connectivity index (χ2v) is 5.00.